The van der Waals surface area contributed by atoms with Crippen molar-refractivity contribution >= 4 is 11.8 Å². The van der Waals surface area contributed by atoms with Crippen LogP contribution in [0.3, 0.4) is 0 Å². The minimum atomic E-state index is -1.03. The van der Waals surface area contributed by atoms with E-state index in [1.807, 2.05) is 6.92 Å². The Morgan fingerprint density at radius 2 is 2.09 bits per heavy atom. The van der Waals surface area contributed by atoms with E-state index in [-0.39, 0.29) is 43.1 Å². The van der Waals surface area contributed by atoms with E-state index >= 15 is 0 Å². The largest absolute Gasteiger partial charge is 0.503 e. The number of rotatable bonds is 6. The Bertz CT molecular complexity index is 1170. The zero-order chi connectivity index (χ0) is 23.9. The van der Waals surface area contributed by atoms with Crippen LogP contribution in [0.1, 0.15) is 39.8 Å². The van der Waals surface area contributed by atoms with Crippen molar-refractivity contribution in [2.24, 2.45) is 0 Å². The third kappa shape index (κ3) is 3.98. The molecule has 176 valence electrons. The number of halogens is 2. The Morgan fingerprint density at radius 3 is 2.76 bits per heavy atom. The van der Waals surface area contributed by atoms with Gasteiger partial charge in [-0.25, -0.2) is 8.78 Å². The molecule has 4 rings (SSSR count). The van der Waals surface area contributed by atoms with Crippen LogP contribution in [0.25, 0.3) is 0 Å². The summed E-state index contributed by atoms with van der Waals surface area (Å²) < 4.78 is 39.4. The van der Waals surface area contributed by atoms with Gasteiger partial charge in [-0.15, -0.1) is 0 Å². The highest BCUT2D eigenvalue weighted by Gasteiger charge is 2.48. The van der Waals surface area contributed by atoms with E-state index in [1.165, 1.54) is 28.8 Å². The number of aromatic hydroxyl groups is 1. The first-order chi connectivity index (χ1) is 15.8. The van der Waals surface area contributed by atoms with Gasteiger partial charge in [0.1, 0.15) is 17.2 Å². The maximum Gasteiger partial charge on any atom is 0.277 e. The molecule has 0 saturated carbocycles. The predicted molar refractivity (Wildman–Crippen MR) is 111 cm³/mol. The molecule has 0 bridgehead atoms. The number of nitrogens with zero attached hydrogens (tertiary/aromatic N) is 2. The van der Waals surface area contributed by atoms with E-state index in [4.69, 9.17) is 9.47 Å². The van der Waals surface area contributed by atoms with Crippen molar-refractivity contribution in [2.45, 2.75) is 44.8 Å². The normalized spacial score (nSPS) is 21.6. The van der Waals surface area contributed by atoms with Crippen molar-refractivity contribution in [2.75, 3.05) is 13.7 Å². The van der Waals surface area contributed by atoms with Gasteiger partial charge in [-0.2, -0.15) is 0 Å². The zero-order valence-corrected chi connectivity index (χ0v) is 18.0. The quantitative estimate of drug-likeness (QED) is 0.670. The predicted octanol–water partition coefficient (Wildman–Crippen LogP) is 1.37. The molecule has 33 heavy (non-hydrogen) atoms. The molecule has 0 spiro atoms. The molecule has 1 saturated heterocycles. The molecule has 3 heterocycles. The number of carbonyl (C=O) groups is 2. The molecular weight excluding hydrogens is 440 g/mol. The Labute approximate surface area is 187 Å². The molecule has 1 aromatic heterocycles. The lowest BCUT2D eigenvalue weighted by atomic mass is 10.1. The number of carbonyl (C=O) groups excluding carboxylic acids is 2. The molecule has 1 unspecified atom stereocenters. The number of benzene rings is 1. The molecule has 0 aliphatic carbocycles. The summed E-state index contributed by atoms with van der Waals surface area (Å²) in [5.41, 5.74) is -1.66. The van der Waals surface area contributed by atoms with E-state index in [1.54, 1.807) is 0 Å². The van der Waals surface area contributed by atoms with E-state index in [0.717, 1.165) is 6.07 Å². The number of amides is 2. The standard InChI is InChI=1S/C22H23F2N3O6/c1-3-16-15(10-32-2)27-17(33-16)9-26-8-13(19(28)20(29)18(26)22(27)31)21(30)25-7-11-4-5-12(23)6-14(11)24/h4-6,8,15-17,29H,3,7,9-10H2,1-2H3,(H,25,30)/t15-,16-,17?/m0/s1. The number of hydrogen-bond donors (Lipinski definition) is 2. The SMILES string of the molecule is CC[C@@H]1OC2Cn3cc(C(=O)NCc4ccc(F)cc4F)c(=O)c(O)c3C(=O)N2[C@H]1COC. The number of pyridine rings is 1. The van der Waals surface area contributed by atoms with Crippen molar-refractivity contribution in [3.05, 3.63) is 63.1 Å². The molecule has 2 aromatic rings. The van der Waals surface area contributed by atoms with Gasteiger partial charge in [0.2, 0.25) is 5.43 Å². The minimum absolute atomic E-state index is 0.0204. The van der Waals surface area contributed by atoms with Crippen LogP contribution in [0.5, 0.6) is 5.75 Å². The molecule has 2 aliphatic rings. The average Bonchev–Trinajstić information content (AvgIpc) is 3.13. The van der Waals surface area contributed by atoms with Crippen LogP contribution in [-0.2, 0) is 22.6 Å². The number of nitrogens with one attached hydrogen (secondary N) is 1. The number of ether oxygens (including phenoxy) is 2. The van der Waals surface area contributed by atoms with Crippen molar-refractivity contribution in [3.8, 4) is 5.75 Å². The van der Waals surface area contributed by atoms with Gasteiger partial charge < -0.3 is 29.4 Å². The summed E-state index contributed by atoms with van der Waals surface area (Å²) in [6, 6.07) is 2.52. The van der Waals surface area contributed by atoms with Gasteiger partial charge in [0.05, 0.1) is 25.3 Å². The fourth-order valence-corrected chi connectivity index (χ4v) is 4.30. The highest BCUT2D eigenvalue weighted by atomic mass is 19.1. The van der Waals surface area contributed by atoms with Gasteiger partial charge >= 0.3 is 0 Å². The average molecular weight is 463 g/mol. The molecule has 9 nitrogen and oxygen atoms in total. The smallest absolute Gasteiger partial charge is 0.277 e. The van der Waals surface area contributed by atoms with E-state index < -0.39 is 46.4 Å². The Hall–Kier alpha value is -3.31. The second-order valence-corrected chi connectivity index (χ2v) is 7.91. The topological polar surface area (TPSA) is 110 Å². The molecule has 2 amide bonds. The second-order valence-electron chi connectivity index (χ2n) is 7.91. The van der Waals surface area contributed by atoms with Crippen LogP contribution in [-0.4, -0.2) is 58.5 Å². The zero-order valence-electron chi connectivity index (χ0n) is 18.0. The summed E-state index contributed by atoms with van der Waals surface area (Å²) in [7, 11) is 1.51. The van der Waals surface area contributed by atoms with Crippen LogP contribution >= 0.6 is 0 Å². The monoisotopic (exact) mass is 463 g/mol. The lowest BCUT2D eigenvalue weighted by Gasteiger charge is -2.34. The lowest BCUT2D eigenvalue weighted by Crippen LogP contribution is -2.51. The van der Waals surface area contributed by atoms with Crippen molar-refractivity contribution in [3.63, 3.8) is 0 Å². The van der Waals surface area contributed by atoms with Crippen molar-refractivity contribution in [1.29, 1.82) is 0 Å². The third-order valence-corrected chi connectivity index (χ3v) is 5.91. The van der Waals surface area contributed by atoms with Crippen LogP contribution < -0.4 is 10.7 Å². The molecule has 2 aliphatic heterocycles. The van der Waals surface area contributed by atoms with Gasteiger partial charge in [0, 0.05) is 31.5 Å². The van der Waals surface area contributed by atoms with Gasteiger partial charge in [-0.1, -0.05) is 13.0 Å². The summed E-state index contributed by atoms with van der Waals surface area (Å²) in [6.45, 7) is 1.93. The van der Waals surface area contributed by atoms with Crippen LogP contribution in [0.2, 0.25) is 0 Å². The van der Waals surface area contributed by atoms with Crippen LogP contribution in [0.4, 0.5) is 8.78 Å². The Balaban J connectivity index is 1.62. The number of aromatic nitrogens is 1. The first-order valence-corrected chi connectivity index (χ1v) is 10.4. The molecule has 2 N–H and O–H groups in total. The summed E-state index contributed by atoms with van der Waals surface area (Å²) in [5.74, 6) is -3.93. The second kappa shape index (κ2) is 8.91. The van der Waals surface area contributed by atoms with E-state index in [9.17, 15) is 28.3 Å². The van der Waals surface area contributed by atoms with Gasteiger partial charge in [-0.3, -0.25) is 14.4 Å². The summed E-state index contributed by atoms with van der Waals surface area (Å²) in [4.78, 5) is 40.0. The van der Waals surface area contributed by atoms with Gasteiger partial charge in [0.15, 0.2) is 17.7 Å². The van der Waals surface area contributed by atoms with Gasteiger partial charge in [-0.05, 0) is 12.5 Å². The number of hydrogen-bond acceptors (Lipinski definition) is 6. The first kappa shape index (κ1) is 22.9. The fraction of sp³-hybridized carbons (Fsp3) is 0.409. The highest BCUT2D eigenvalue weighted by molar-refractivity contribution is 5.99. The summed E-state index contributed by atoms with van der Waals surface area (Å²) in [6.07, 6.45) is 0.871. The van der Waals surface area contributed by atoms with E-state index in [2.05, 4.69) is 5.32 Å². The summed E-state index contributed by atoms with van der Waals surface area (Å²) >= 11 is 0. The number of methoxy groups -OCH3 is 1. The molecule has 1 fully saturated rings. The molecule has 3 atom stereocenters. The highest BCUT2D eigenvalue weighted by Crippen LogP contribution is 2.33. The van der Waals surface area contributed by atoms with Crippen LogP contribution in [0, 0.1) is 11.6 Å². The Kier molecular flexibility index (Phi) is 6.17. The molecule has 11 heteroatoms. The van der Waals surface area contributed by atoms with Crippen LogP contribution in [0.15, 0.2) is 29.2 Å². The minimum Gasteiger partial charge on any atom is -0.503 e. The maximum atomic E-state index is 13.8. The van der Waals surface area contributed by atoms with Gasteiger partial charge in [0.25, 0.3) is 11.8 Å². The fourth-order valence-electron chi connectivity index (χ4n) is 4.30. The number of fused-ring (bicyclic) bond motifs is 2. The Morgan fingerprint density at radius 1 is 1.33 bits per heavy atom. The summed E-state index contributed by atoms with van der Waals surface area (Å²) in [5, 5.41) is 12.9. The lowest BCUT2D eigenvalue weighted by molar-refractivity contribution is -0.0154. The maximum absolute atomic E-state index is 13.8. The van der Waals surface area contributed by atoms with Crippen molar-refractivity contribution in [1.82, 2.24) is 14.8 Å². The third-order valence-electron chi connectivity index (χ3n) is 5.91. The van der Waals surface area contributed by atoms with Crippen molar-refractivity contribution < 1.29 is 33.0 Å². The first-order valence-electron chi connectivity index (χ1n) is 10.4. The van der Waals surface area contributed by atoms with E-state index in [0.29, 0.717) is 12.5 Å². The molecular formula is C22H23F2N3O6. The molecule has 1 aromatic carbocycles. The molecule has 0 radical (unpaired) electrons.